The van der Waals surface area contributed by atoms with Crippen LogP contribution in [0.5, 0.6) is 0 Å². The first kappa shape index (κ1) is 18.2. The largest absolute Gasteiger partial charge is 0.351 e. The van der Waals surface area contributed by atoms with Gasteiger partial charge in [0, 0.05) is 24.2 Å². The van der Waals surface area contributed by atoms with Gasteiger partial charge in [0.1, 0.15) is 11.5 Å². The Labute approximate surface area is 154 Å². The third kappa shape index (κ3) is 3.84. The minimum atomic E-state index is -0.507. The minimum Gasteiger partial charge on any atom is -0.351 e. The molecule has 0 spiro atoms. The van der Waals surface area contributed by atoms with E-state index in [4.69, 9.17) is 0 Å². The predicted octanol–water partition coefficient (Wildman–Crippen LogP) is 3.73. The van der Waals surface area contributed by atoms with E-state index in [9.17, 15) is 19.3 Å². The molecule has 0 saturated carbocycles. The van der Waals surface area contributed by atoms with Gasteiger partial charge in [0.15, 0.2) is 0 Å². The van der Waals surface area contributed by atoms with E-state index in [-0.39, 0.29) is 22.9 Å². The van der Waals surface area contributed by atoms with Crippen LogP contribution in [0.3, 0.4) is 0 Å². The minimum absolute atomic E-state index is 0.0720. The first-order valence-electron chi connectivity index (χ1n) is 8.39. The van der Waals surface area contributed by atoms with Crippen LogP contribution in [-0.2, 0) is 0 Å². The molecule has 0 aliphatic rings. The molecule has 1 amide bonds. The molecule has 0 aliphatic carbocycles. The Balaban J connectivity index is 2.08. The summed E-state index contributed by atoms with van der Waals surface area (Å²) in [5.41, 5.74) is 1.17. The number of rotatable bonds is 6. The van der Waals surface area contributed by atoms with Gasteiger partial charge >= 0.3 is 0 Å². The van der Waals surface area contributed by atoms with E-state index in [1.807, 2.05) is 6.92 Å². The summed E-state index contributed by atoms with van der Waals surface area (Å²) < 4.78 is 15.5. The average Bonchev–Trinajstić information content (AvgIpc) is 3.11. The number of amides is 1. The molecule has 0 fully saturated rings. The normalized spacial score (nSPS) is 10.6. The maximum absolute atomic E-state index is 14.1. The van der Waals surface area contributed by atoms with Crippen LogP contribution in [-0.4, -0.2) is 27.2 Å². The summed E-state index contributed by atoms with van der Waals surface area (Å²) in [6.45, 7) is 2.41. The van der Waals surface area contributed by atoms with Crippen LogP contribution in [0.4, 0.5) is 10.1 Å². The summed E-state index contributed by atoms with van der Waals surface area (Å²) >= 11 is 0. The predicted molar refractivity (Wildman–Crippen MR) is 98.2 cm³/mol. The molecule has 138 valence electrons. The van der Waals surface area contributed by atoms with E-state index in [0.29, 0.717) is 17.9 Å². The molecule has 7 nitrogen and oxygen atoms in total. The van der Waals surface area contributed by atoms with Crippen LogP contribution in [0.25, 0.3) is 16.9 Å². The van der Waals surface area contributed by atoms with E-state index in [0.717, 1.165) is 6.42 Å². The summed E-state index contributed by atoms with van der Waals surface area (Å²) in [4.78, 5) is 22.9. The molecule has 0 aliphatic heterocycles. The van der Waals surface area contributed by atoms with Crippen LogP contribution >= 0.6 is 0 Å². The Morgan fingerprint density at radius 3 is 2.56 bits per heavy atom. The summed E-state index contributed by atoms with van der Waals surface area (Å²) in [7, 11) is 0. The number of carbonyl (C=O) groups excluding carboxylic acids is 1. The van der Waals surface area contributed by atoms with Gasteiger partial charge in [-0.05, 0) is 36.8 Å². The second-order valence-electron chi connectivity index (χ2n) is 5.84. The van der Waals surface area contributed by atoms with Crippen LogP contribution < -0.4 is 5.32 Å². The van der Waals surface area contributed by atoms with Crippen LogP contribution in [0.15, 0.2) is 54.6 Å². The lowest BCUT2D eigenvalue weighted by molar-refractivity contribution is -0.384. The molecule has 1 heterocycles. The van der Waals surface area contributed by atoms with Gasteiger partial charge in [0.05, 0.1) is 16.3 Å². The second-order valence-corrected chi connectivity index (χ2v) is 5.84. The molecule has 1 N–H and O–H groups in total. The molecule has 0 unspecified atom stereocenters. The molecule has 3 rings (SSSR count). The van der Waals surface area contributed by atoms with Crippen molar-refractivity contribution in [3.63, 3.8) is 0 Å². The van der Waals surface area contributed by atoms with Crippen molar-refractivity contribution in [3.8, 4) is 16.9 Å². The Hall–Kier alpha value is -3.55. The zero-order chi connectivity index (χ0) is 19.4. The molecule has 1 aromatic heterocycles. The van der Waals surface area contributed by atoms with Gasteiger partial charge in [0.2, 0.25) is 0 Å². The van der Waals surface area contributed by atoms with Crippen molar-refractivity contribution < 1.29 is 14.1 Å². The SMILES string of the molecule is CCCNC(=O)c1cc(-c2ccccc2F)nn1-c1ccc([N+](=O)[O-])cc1. The van der Waals surface area contributed by atoms with Crippen molar-refractivity contribution in [1.82, 2.24) is 15.1 Å². The number of non-ortho nitro benzene ring substituents is 1. The quantitative estimate of drug-likeness (QED) is 0.530. The maximum atomic E-state index is 14.1. The fourth-order valence-electron chi connectivity index (χ4n) is 2.58. The highest BCUT2D eigenvalue weighted by Crippen LogP contribution is 2.25. The highest BCUT2D eigenvalue weighted by Gasteiger charge is 2.19. The van der Waals surface area contributed by atoms with Crippen LogP contribution in [0.1, 0.15) is 23.8 Å². The summed E-state index contributed by atoms with van der Waals surface area (Å²) in [6.07, 6.45) is 0.761. The topological polar surface area (TPSA) is 90.1 Å². The number of nitro benzene ring substituents is 1. The molecule has 0 saturated heterocycles. The molecular formula is C19H17FN4O3. The van der Waals surface area contributed by atoms with E-state index < -0.39 is 10.7 Å². The van der Waals surface area contributed by atoms with Gasteiger partial charge in [-0.25, -0.2) is 9.07 Å². The van der Waals surface area contributed by atoms with Crippen molar-refractivity contribution in [2.45, 2.75) is 13.3 Å². The van der Waals surface area contributed by atoms with Crippen molar-refractivity contribution in [2.75, 3.05) is 6.54 Å². The number of nitro groups is 1. The first-order chi connectivity index (χ1) is 13.0. The van der Waals surface area contributed by atoms with E-state index in [2.05, 4.69) is 10.4 Å². The second kappa shape index (κ2) is 7.77. The molecule has 2 aromatic carbocycles. The molecule has 8 heteroatoms. The zero-order valence-corrected chi connectivity index (χ0v) is 14.6. The molecule has 3 aromatic rings. The number of benzene rings is 2. The van der Waals surface area contributed by atoms with Crippen molar-refractivity contribution in [1.29, 1.82) is 0 Å². The fraction of sp³-hybridized carbons (Fsp3) is 0.158. The van der Waals surface area contributed by atoms with E-state index >= 15 is 0 Å². The summed E-state index contributed by atoms with van der Waals surface area (Å²) in [5, 5.41) is 18.0. The number of carbonyl (C=O) groups is 1. The summed E-state index contributed by atoms with van der Waals surface area (Å²) in [5.74, 6) is -0.809. The van der Waals surface area contributed by atoms with Crippen molar-refractivity contribution in [2.24, 2.45) is 0 Å². The maximum Gasteiger partial charge on any atom is 0.270 e. The highest BCUT2D eigenvalue weighted by atomic mass is 19.1. The van der Waals surface area contributed by atoms with Gasteiger partial charge in [-0.2, -0.15) is 5.10 Å². The highest BCUT2D eigenvalue weighted by molar-refractivity contribution is 5.94. The third-order valence-electron chi connectivity index (χ3n) is 3.93. The Bertz CT molecular complexity index is 983. The lowest BCUT2D eigenvalue weighted by Gasteiger charge is -2.07. The van der Waals surface area contributed by atoms with Crippen molar-refractivity contribution in [3.05, 3.63) is 76.2 Å². The number of aromatic nitrogens is 2. The van der Waals surface area contributed by atoms with Gasteiger partial charge < -0.3 is 5.32 Å². The van der Waals surface area contributed by atoms with Gasteiger partial charge in [0.25, 0.3) is 11.6 Å². The van der Waals surface area contributed by atoms with Gasteiger partial charge in [-0.3, -0.25) is 14.9 Å². The van der Waals surface area contributed by atoms with Gasteiger partial charge in [-0.15, -0.1) is 0 Å². The standard InChI is InChI=1S/C19H17FN4O3/c1-2-11-21-19(25)18-12-17(15-5-3-4-6-16(15)20)22-23(18)13-7-9-14(10-8-13)24(26)27/h3-10,12H,2,11H2,1H3,(H,21,25). The monoisotopic (exact) mass is 368 g/mol. The number of hydrogen-bond donors (Lipinski definition) is 1. The number of nitrogens with zero attached hydrogens (tertiary/aromatic N) is 3. The lowest BCUT2D eigenvalue weighted by Crippen LogP contribution is -2.26. The number of halogens is 1. The lowest BCUT2D eigenvalue weighted by atomic mass is 10.1. The number of nitrogens with one attached hydrogen (secondary N) is 1. The van der Waals surface area contributed by atoms with E-state index in [1.165, 1.54) is 41.1 Å². The summed E-state index contributed by atoms with van der Waals surface area (Å²) in [6, 6.07) is 13.3. The molecular weight excluding hydrogens is 351 g/mol. The molecule has 0 bridgehead atoms. The first-order valence-corrected chi connectivity index (χ1v) is 8.39. The Morgan fingerprint density at radius 2 is 1.93 bits per heavy atom. The molecule has 27 heavy (non-hydrogen) atoms. The average molecular weight is 368 g/mol. The van der Waals surface area contributed by atoms with Gasteiger partial charge in [-0.1, -0.05) is 19.1 Å². The third-order valence-corrected chi connectivity index (χ3v) is 3.93. The Kier molecular flexibility index (Phi) is 5.25. The molecule has 0 atom stereocenters. The number of hydrogen-bond acceptors (Lipinski definition) is 4. The fourth-order valence-corrected chi connectivity index (χ4v) is 2.58. The molecule has 0 radical (unpaired) electrons. The smallest absolute Gasteiger partial charge is 0.270 e. The van der Waals surface area contributed by atoms with Crippen molar-refractivity contribution >= 4 is 11.6 Å². The van der Waals surface area contributed by atoms with Crippen LogP contribution in [0, 0.1) is 15.9 Å². The zero-order valence-electron chi connectivity index (χ0n) is 14.6. The Morgan fingerprint density at radius 1 is 1.22 bits per heavy atom. The van der Waals surface area contributed by atoms with Crippen LogP contribution in [0.2, 0.25) is 0 Å². The van der Waals surface area contributed by atoms with E-state index in [1.54, 1.807) is 18.2 Å².